The molecular weight excluding hydrogens is 404 g/mol. The molecule has 0 spiro atoms. The highest BCUT2D eigenvalue weighted by Gasteiger charge is 2.36. The SMILES string of the molecule is Cc1cc(C)n(CCCC(=O)N(C)C[C@]2(O)CCCN(c3ccnc4ccncc34)C2)n1. The van der Waals surface area contributed by atoms with Crippen LogP contribution in [0.25, 0.3) is 10.9 Å². The monoisotopic (exact) mass is 436 g/mol. The number of fused-ring (bicyclic) bond motifs is 1. The molecule has 1 saturated heterocycles. The minimum Gasteiger partial charge on any atom is -0.386 e. The first kappa shape index (κ1) is 22.2. The third-order valence-corrected chi connectivity index (χ3v) is 6.24. The average molecular weight is 437 g/mol. The van der Waals surface area contributed by atoms with Crippen molar-refractivity contribution in [2.24, 2.45) is 0 Å². The van der Waals surface area contributed by atoms with E-state index in [1.807, 2.05) is 42.9 Å². The van der Waals surface area contributed by atoms with Crippen molar-refractivity contribution >= 4 is 22.5 Å². The van der Waals surface area contributed by atoms with Crippen molar-refractivity contribution in [2.75, 3.05) is 31.6 Å². The predicted octanol–water partition coefficient (Wildman–Crippen LogP) is 2.71. The van der Waals surface area contributed by atoms with Crippen LogP contribution >= 0.6 is 0 Å². The number of nitrogens with zero attached hydrogens (tertiary/aromatic N) is 6. The number of β-amino-alcohol motifs (C(OH)–C–C–N with tert-alkyl or cyclic N) is 1. The summed E-state index contributed by atoms with van der Waals surface area (Å²) in [5.41, 5.74) is 3.07. The highest BCUT2D eigenvalue weighted by molar-refractivity contribution is 5.90. The molecule has 170 valence electrons. The van der Waals surface area contributed by atoms with Crippen LogP contribution in [0.15, 0.2) is 36.8 Å². The Morgan fingerprint density at radius 1 is 1.28 bits per heavy atom. The van der Waals surface area contributed by atoms with Crippen molar-refractivity contribution < 1.29 is 9.90 Å². The second-order valence-electron chi connectivity index (χ2n) is 8.98. The highest BCUT2D eigenvalue weighted by atomic mass is 16.3. The molecule has 1 amide bonds. The molecule has 4 heterocycles. The Morgan fingerprint density at radius 2 is 2.12 bits per heavy atom. The van der Waals surface area contributed by atoms with Crippen LogP contribution in [-0.2, 0) is 11.3 Å². The molecule has 1 aliphatic rings. The first-order valence-electron chi connectivity index (χ1n) is 11.3. The van der Waals surface area contributed by atoms with E-state index >= 15 is 0 Å². The maximum Gasteiger partial charge on any atom is 0.222 e. The third kappa shape index (κ3) is 4.91. The van der Waals surface area contributed by atoms with Crippen LogP contribution in [0.1, 0.15) is 37.1 Å². The van der Waals surface area contributed by atoms with E-state index in [9.17, 15) is 9.90 Å². The van der Waals surface area contributed by atoms with Gasteiger partial charge in [0, 0.05) is 68.5 Å². The number of amides is 1. The largest absolute Gasteiger partial charge is 0.386 e. The van der Waals surface area contributed by atoms with E-state index < -0.39 is 5.60 Å². The number of rotatable bonds is 7. The lowest BCUT2D eigenvalue weighted by Crippen LogP contribution is -2.54. The number of likely N-dealkylation sites (N-methyl/N-ethyl adjacent to an activating group) is 1. The summed E-state index contributed by atoms with van der Waals surface area (Å²) < 4.78 is 1.95. The molecule has 1 atom stereocenters. The summed E-state index contributed by atoms with van der Waals surface area (Å²) in [5, 5.41) is 16.8. The fourth-order valence-corrected chi connectivity index (χ4v) is 4.70. The van der Waals surface area contributed by atoms with Gasteiger partial charge in [-0.2, -0.15) is 5.10 Å². The Labute approximate surface area is 188 Å². The van der Waals surface area contributed by atoms with Crippen molar-refractivity contribution in [1.29, 1.82) is 0 Å². The number of aliphatic hydroxyl groups is 1. The summed E-state index contributed by atoms with van der Waals surface area (Å²) in [6.45, 7) is 6.38. The lowest BCUT2D eigenvalue weighted by atomic mass is 9.91. The standard InChI is InChI=1S/C24H32N6O2/c1-18-14-19(2)30(27-18)13-4-6-23(31)28(3)16-24(32)9-5-12-29(17-24)22-8-11-26-21-7-10-25-15-20(21)22/h7-8,10-11,14-15,32H,4-6,9,12-13,16-17H2,1-3H3/t24-/m1/s1. The van der Waals surface area contributed by atoms with Gasteiger partial charge in [-0.25, -0.2) is 0 Å². The van der Waals surface area contributed by atoms with E-state index in [1.54, 1.807) is 24.3 Å². The fraction of sp³-hybridized carbons (Fsp3) is 0.500. The number of carbonyl (C=O) groups excluding carboxylic acids is 1. The van der Waals surface area contributed by atoms with E-state index in [0.29, 0.717) is 25.9 Å². The molecule has 0 aromatic carbocycles. The molecule has 8 nitrogen and oxygen atoms in total. The summed E-state index contributed by atoms with van der Waals surface area (Å²) in [5.74, 6) is 0.0515. The first-order chi connectivity index (χ1) is 15.3. The Balaban J connectivity index is 1.36. The van der Waals surface area contributed by atoms with E-state index in [0.717, 1.165) is 53.9 Å². The van der Waals surface area contributed by atoms with Crippen molar-refractivity contribution in [2.45, 2.75) is 51.7 Å². The van der Waals surface area contributed by atoms with Gasteiger partial charge in [0.15, 0.2) is 0 Å². The summed E-state index contributed by atoms with van der Waals surface area (Å²) in [7, 11) is 1.79. The van der Waals surface area contributed by atoms with E-state index in [4.69, 9.17) is 0 Å². The summed E-state index contributed by atoms with van der Waals surface area (Å²) in [6.07, 6.45) is 8.06. The average Bonchev–Trinajstić information content (AvgIpc) is 3.09. The van der Waals surface area contributed by atoms with Gasteiger partial charge in [-0.05, 0) is 51.3 Å². The summed E-state index contributed by atoms with van der Waals surface area (Å²) in [4.78, 5) is 25.2. The van der Waals surface area contributed by atoms with Crippen LogP contribution in [0.4, 0.5) is 5.69 Å². The third-order valence-electron chi connectivity index (χ3n) is 6.24. The van der Waals surface area contributed by atoms with Gasteiger partial charge in [0.05, 0.1) is 23.4 Å². The first-order valence-corrected chi connectivity index (χ1v) is 11.3. The molecule has 0 aliphatic carbocycles. The molecule has 0 radical (unpaired) electrons. The van der Waals surface area contributed by atoms with E-state index in [1.165, 1.54) is 0 Å². The Morgan fingerprint density at radius 3 is 2.91 bits per heavy atom. The van der Waals surface area contributed by atoms with Crippen LogP contribution in [0.5, 0.6) is 0 Å². The minimum absolute atomic E-state index is 0.0515. The van der Waals surface area contributed by atoms with Gasteiger partial charge in [0.25, 0.3) is 0 Å². The fourth-order valence-electron chi connectivity index (χ4n) is 4.70. The van der Waals surface area contributed by atoms with Gasteiger partial charge in [-0.15, -0.1) is 0 Å². The van der Waals surface area contributed by atoms with Crippen LogP contribution in [0.3, 0.4) is 0 Å². The van der Waals surface area contributed by atoms with Crippen molar-refractivity contribution in [1.82, 2.24) is 24.6 Å². The number of hydrogen-bond donors (Lipinski definition) is 1. The second-order valence-corrected chi connectivity index (χ2v) is 8.98. The Bertz CT molecular complexity index is 1090. The molecule has 3 aromatic rings. The molecule has 0 bridgehead atoms. The molecule has 0 unspecified atom stereocenters. The van der Waals surface area contributed by atoms with Crippen molar-refractivity contribution in [3.63, 3.8) is 0 Å². The smallest absolute Gasteiger partial charge is 0.222 e. The quantitative estimate of drug-likeness (QED) is 0.613. The van der Waals surface area contributed by atoms with Gasteiger partial charge in [-0.3, -0.25) is 19.4 Å². The van der Waals surface area contributed by atoms with Crippen molar-refractivity contribution in [3.8, 4) is 0 Å². The van der Waals surface area contributed by atoms with Crippen LogP contribution in [0, 0.1) is 13.8 Å². The van der Waals surface area contributed by atoms with Gasteiger partial charge in [0.1, 0.15) is 0 Å². The maximum absolute atomic E-state index is 12.7. The number of carbonyl (C=O) groups is 1. The molecular formula is C24H32N6O2. The zero-order valence-electron chi connectivity index (χ0n) is 19.2. The lowest BCUT2D eigenvalue weighted by Gasteiger charge is -2.42. The Kier molecular flexibility index (Phi) is 6.41. The zero-order valence-corrected chi connectivity index (χ0v) is 19.2. The Hall–Kier alpha value is -3.00. The summed E-state index contributed by atoms with van der Waals surface area (Å²) >= 11 is 0. The van der Waals surface area contributed by atoms with Gasteiger partial charge in [-0.1, -0.05) is 0 Å². The van der Waals surface area contributed by atoms with Gasteiger partial charge < -0.3 is 14.9 Å². The molecule has 1 N–H and O–H groups in total. The number of pyridine rings is 2. The molecule has 32 heavy (non-hydrogen) atoms. The molecule has 0 saturated carbocycles. The number of aryl methyl sites for hydroxylation is 3. The number of aromatic nitrogens is 4. The van der Waals surface area contributed by atoms with E-state index in [2.05, 4.69) is 20.0 Å². The molecule has 4 rings (SSSR count). The van der Waals surface area contributed by atoms with Crippen LogP contribution in [0.2, 0.25) is 0 Å². The number of anilines is 1. The molecule has 3 aromatic heterocycles. The van der Waals surface area contributed by atoms with Gasteiger partial charge in [0.2, 0.25) is 5.91 Å². The molecule has 8 heteroatoms. The highest BCUT2D eigenvalue weighted by Crippen LogP contribution is 2.31. The molecule has 1 aliphatic heterocycles. The predicted molar refractivity (Wildman–Crippen MR) is 125 cm³/mol. The van der Waals surface area contributed by atoms with Crippen LogP contribution < -0.4 is 4.90 Å². The zero-order chi connectivity index (χ0) is 22.7. The van der Waals surface area contributed by atoms with E-state index in [-0.39, 0.29) is 5.91 Å². The maximum atomic E-state index is 12.7. The van der Waals surface area contributed by atoms with Crippen LogP contribution in [-0.4, -0.2) is 67.9 Å². The van der Waals surface area contributed by atoms with Crippen molar-refractivity contribution in [3.05, 3.63) is 48.2 Å². The number of hydrogen-bond acceptors (Lipinski definition) is 6. The second kappa shape index (κ2) is 9.24. The van der Waals surface area contributed by atoms with Gasteiger partial charge >= 0.3 is 0 Å². The molecule has 1 fully saturated rings. The minimum atomic E-state index is -0.948. The summed E-state index contributed by atoms with van der Waals surface area (Å²) in [6, 6.07) is 5.91. The topological polar surface area (TPSA) is 87.4 Å². The normalized spacial score (nSPS) is 18.8. The lowest BCUT2D eigenvalue weighted by molar-refractivity contribution is -0.133. The number of piperidine rings is 1.